The van der Waals surface area contributed by atoms with Crippen LogP contribution in [0.1, 0.15) is 16.8 Å². The zero-order valence-electron chi connectivity index (χ0n) is 8.70. The predicted octanol–water partition coefficient (Wildman–Crippen LogP) is 2.76. The Morgan fingerprint density at radius 2 is 2.12 bits per heavy atom. The summed E-state index contributed by atoms with van der Waals surface area (Å²) in [4.78, 5) is 23.2. The Kier molecular flexibility index (Phi) is 3.97. The van der Waals surface area contributed by atoms with E-state index in [-0.39, 0.29) is 17.1 Å². The van der Waals surface area contributed by atoms with Gasteiger partial charge in [0.15, 0.2) is 0 Å². The molecule has 1 aromatic carbocycles. The van der Waals surface area contributed by atoms with Crippen molar-refractivity contribution in [3.63, 3.8) is 0 Å². The van der Waals surface area contributed by atoms with Crippen molar-refractivity contribution in [2.45, 2.75) is 12.5 Å². The summed E-state index contributed by atoms with van der Waals surface area (Å²) in [5.74, 6) is 0.454. The van der Waals surface area contributed by atoms with E-state index < -0.39 is 0 Å². The van der Waals surface area contributed by atoms with Crippen LogP contribution in [0.25, 0.3) is 0 Å². The summed E-state index contributed by atoms with van der Waals surface area (Å²) in [6.07, 6.45) is 0.677. The first-order valence-electron chi connectivity index (χ1n) is 5.00. The minimum atomic E-state index is -0.387. The average molecular weight is 290 g/mol. The van der Waals surface area contributed by atoms with Crippen LogP contribution in [0.5, 0.6) is 0 Å². The van der Waals surface area contributed by atoms with Crippen LogP contribution in [0.4, 0.5) is 0 Å². The highest BCUT2D eigenvalue weighted by Crippen LogP contribution is 2.23. The van der Waals surface area contributed by atoms with Crippen molar-refractivity contribution in [2.24, 2.45) is 0 Å². The molecule has 0 spiro atoms. The van der Waals surface area contributed by atoms with Gasteiger partial charge in [0.1, 0.15) is 0 Å². The van der Waals surface area contributed by atoms with Gasteiger partial charge < -0.3 is 5.32 Å². The van der Waals surface area contributed by atoms with E-state index in [1.54, 1.807) is 12.1 Å². The number of nitrogens with one attached hydrogen (secondary N) is 1. The molecule has 1 unspecified atom stereocenters. The summed E-state index contributed by atoms with van der Waals surface area (Å²) in [5.41, 5.74) is 0.407. The van der Waals surface area contributed by atoms with Crippen LogP contribution < -0.4 is 5.32 Å². The molecule has 0 radical (unpaired) electrons. The van der Waals surface area contributed by atoms with Gasteiger partial charge in [0.2, 0.25) is 5.12 Å². The molecule has 17 heavy (non-hydrogen) atoms. The second-order valence-corrected chi connectivity index (χ2v) is 5.52. The van der Waals surface area contributed by atoms with Gasteiger partial charge in [-0.25, -0.2) is 0 Å². The first-order valence-corrected chi connectivity index (χ1v) is 6.74. The monoisotopic (exact) mass is 289 g/mol. The first kappa shape index (κ1) is 12.7. The van der Waals surface area contributed by atoms with Crippen molar-refractivity contribution in [1.82, 2.24) is 5.32 Å². The van der Waals surface area contributed by atoms with Crippen LogP contribution >= 0.6 is 35.0 Å². The number of rotatable bonds is 2. The highest BCUT2D eigenvalue weighted by Gasteiger charge is 2.27. The molecular formula is C11H9Cl2NO2S. The fourth-order valence-electron chi connectivity index (χ4n) is 1.51. The number of carbonyl (C=O) groups excluding carboxylic acids is 2. The normalized spacial score (nSPS) is 19.4. The molecule has 1 aliphatic rings. The predicted molar refractivity (Wildman–Crippen MR) is 69.8 cm³/mol. The van der Waals surface area contributed by atoms with Crippen molar-refractivity contribution in [3.05, 3.63) is 33.8 Å². The van der Waals surface area contributed by atoms with Crippen molar-refractivity contribution >= 4 is 46.0 Å². The topological polar surface area (TPSA) is 46.2 Å². The Balaban J connectivity index is 2.09. The maximum atomic E-state index is 11.8. The van der Waals surface area contributed by atoms with Gasteiger partial charge in [-0.3, -0.25) is 9.59 Å². The summed E-state index contributed by atoms with van der Waals surface area (Å²) in [6.45, 7) is 0. The molecule has 6 heteroatoms. The number of carbonyl (C=O) groups is 2. The minimum Gasteiger partial charge on any atom is -0.341 e. The van der Waals surface area contributed by atoms with Gasteiger partial charge in [-0.1, -0.05) is 35.0 Å². The third-order valence-electron chi connectivity index (χ3n) is 2.42. The molecule has 1 heterocycles. The number of thioether (sulfide) groups is 1. The van der Waals surface area contributed by atoms with Crippen LogP contribution in [0, 0.1) is 0 Å². The molecule has 1 aliphatic heterocycles. The average Bonchev–Trinajstić information content (AvgIpc) is 2.68. The van der Waals surface area contributed by atoms with E-state index in [0.717, 1.165) is 5.75 Å². The second-order valence-electron chi connectivity index (χ2n) is 3.61. The first-order chi connectivity index (χ1) is 8.08. The number of benzene rings is 1. The zero-order valence-corrected chi connectivity index (χ0v) is 11.0. The smallest absolute Gasteiger partial charge is 0.251 e. The molecular weight excluding hydrogens is 281 g/mol. The lowest BCUT2D eigenvalue weighted by Crippen LogP contribution is -2.37. The Labute approximate surface area is 113 Å². The van der Waals surface area contributed by atoms with E-state index in [4.69, 9.17) is 23.2 Å². The summed E-state index contributed by atoms with van der Waals surface area (Å²) in [6, 6.07) is 4.24. The van der Waals surface area contributed by atoms with Crippen molar-refractivity contribution in [3.8, 4) is 0 Å². The molecule has 0 bridgehead atoms. The van der Waals surface area contributed by atoms with E-state index in [9.17, 15) is 9.59 Å². The molecule has 1 atom stereocenters. The molecule has 1 aromatic rings. The summed E-state index contributed by atoms with van der Waals surface area (Å²) in [5, 5.41) is 3.42. The lowest BCUT2D eigenvalue weighted by molar-refractivity contribution is -0.112. The number of hydrogen-bond donors (Lipinski definition) is 1. The van der Waals surface area contributed by atoms with Crippen LogP contribution in [-0.4, -0.2) is 22.8 Å². The highest BCUT2D eigenvalue weighted by molar-refractivity contribution is 8.14. The largest absolute Gasteiger partial charge is 0.341 e. The quantitative estimate of drug-likeness (QED) is 0.911. The van der Waals surface area contributed by atoms with Crippen LogP contribution in [0.3, 0.4) is 0 Å². The highest BCUT2D eigenvalue weighted by atomic mass is 35.5. The Hall–Kier alpha value is -0.710. The van der Waals surface area contributed by atoms with E-state index in [0.29, 0.717) is 22.0 Å². The third-order valence-corrected chi connectivity index (χ3v) is 4.17. The van der Waals surface area contributed by atoms with Gasteiger partial charge in [0, 0.05) is 11.3 Å². The minimum absolute atomic E-state index is 0.0124. The fourth-order valence-corrected chi connectivity index (χ4v) is 2.74. The van der Waals surface area contributed by atoms with E-state index in [1.165, 1.54) is 17.8 Å². The van der Waals surface area contributed by atoms with Gasteiger partial charge >= 0.3 is 0 Å². The molecule has 2 rings (SSSR count). The van der Waals surface area contributed by atoms with E-state index in [2.05, 4.69) is 5.32 Å². The summed E-state index contributed by atoms with van der Waals surface area (Å²) >= 11 is 12.8. The van der Waals surface area contributed by atoms with Crippen molar-refractivity contribution < 1.29 is 9.59 Å². The fraction of sp³-hybridized carbons (Fsp3) is 0.273. The Morgan fingerprint density at radius 3 is 2.71 bits per heavy atom. The lowest BCUT2D eigenvalue weighted by Gasteiger charge is -2.10. The van der Waals surface area contributed by atoms with Crippen LogP contribution in [-0.2, 0) is 4.79 Å². The van der Waals surface area contributed by atoms with E-state index in [1.807, 2.05) is 0 Å². The Morgan fingerprint density at radius 1 is 1.35 bits per heavy atom. The number of halogens is 2. The molecule has 1 fully saturated rings. The lowest BCUT2D eigenvalue weighted by atomic mass is 10.2. The Bertz CT molecular complexity index is 479. The molecule has 3 nitrogen and oxygen atoms in total. The maximum Gasteiger partial charge on any atom is 0.251 e. The number of amides is 1. The molecule has 90 valence electrons. The van der Waals surface area contributed by atoms with Gasteiger partial charge in [0.25, 0.3) is 5.91 Å². The zero-order chi connectivity index (χ0) is 12.4. The van der Waals surface area contributed by atoms with Gasteiger partial charge in [-0.05, 0) is 24.6 Å². The molecule has 0 aliphatic carbocycles. The number of hydrogen-bond acceptors (Lipinski definition) is 3. The van der Waals surface area contributed by atoms with E-state index >= 15 is 0 Å². The van der Waals surface area contributed by atoms with Gasteiger partial charge in [-0.2, -0.15) is 0 Å². The molecule has 0 aromatic heterocycles. The van der Waals surface area contributed by atoms with Gasteiger partial charge in [-0.15, -0.1) is 0 Å². The van der Waals surface area contributed by atoms with Crippen LogP contribution in [0.2, 0.25) is 10.0 Å². The molecule has 1 saturated heterocycles. The molecule has 1 amide bonds. The summed E-state index contributed by atoms with van der Waals surface area (Å²) < 4.78 is 0. The van der Waals surface area contributed by atoms with Crippen molar-refractivity contribution in [1.29, 1.82) is 0 Å². The molecule has 0 saturated carbocycles. The molecule has 1 N–H and O–H groups in total. The standard InChI is InChI=1S/C11H9Cl2NO2S/c12-7-2-1-6(5-8(7)13)10(15)14-9-3-4-17-11(9)16/h1-2,5,9H,3-4H2,(H,14,15). The summed E-state index contributed by atoms with van der Waals surface area (Å²) in [7, 11) is 0. The van der Waals surface area contributed by atoms with Crippen molar-refractivity contribution in [2.75, 3.05) is 5.75 Å². The second kappa shape index (κ2) is 5.29. The van der Waals surface area contributed by atoms with Crippen LogP contribution in [0.15, 0.2) is 18.2 Å². The van der Waals surface area contributed by atoms with Gasteiger partial charge in [0.05, 0.1) is 16.1 Å². The maximum absolute atomic E-state index is 11.8. The third kappa shape index (κ3) is 2.94. The SMILES string of the molecule is O=C(NC1CCSC1=O)c1ccc(Cl)c(Cl)c1.